The monoisotopic (exact) mass is 424 g/mol. The zero-order valence-corrected chi connectivity index (χ0v) is 17.2. The van der Waals surface area contributed by atoms with Gasteiger partial charge in [0.2, 0.25) is 0 Å². The molecule has 0 saturated heterocycles. The third kappa shape index (κ3) is 5.46. The van der Waals surface area contributed by atoms with E-state index in [2.05, 4.69) is 9.72 Å². The maximum atomic E-state index is 13.2. The van der Waals surface area contributed by atoms with Gasteiger partial charge in [0.1, 0.15) is 11.6 Å². The van der Waals surface area contributed by atoms with Gasteiger partial charge in [0.15, 0.2) is 5.69 Å². The van der Waals surface area contributed by atoms with Gasteiger partial charge in [-0.1, -0.05) is 33.3 Å². The molecule has 0 saturated carbocycles. The van der Waals surface area contributed by atoms with Crippen LogP contribution in [0.4, 0.5) is 20.3 Å². The predicted octanol–water partition coefficient (Wildman–Crippen LogP) is 2.82. The summed E-state index contributed by atoms with van der Waals surface area (Å²) in [5, 5.41) is 0. The van der Waals surface area contributed by atoms with E-state index in [-0.39, 0.29) is 41.8 Å². The molecule has 1 heterocycles. The van der Waals surface area contributed by atoms with E-state index in [4.69, 9.17) is 5.73 Å². The molecule has 8 nitrogen and oxygen atoms in total. The van der Waals surface area contributed by atoms with Crippen LogP contribution in [0.25, 0.3) is 0 Å². The molecule has 1 aromatic carbocycles. The van der Waals surface area contributed by atoms with E-state index in [1.807, 2.05) is 20.8 Å². The summed E-state index contributed by atoms with van der Waals surface area (Å²) < 4.78 is 30.6. The van der Waals surface area contributed by atoms with Gasteiger partial charge in [0.25, 0.3) is 11.5 Å². The van der Waals surface area contributed by atoms with Crippen molar-refractivity contribution < 1.29 is 18.3 Å². The summed E-state index contributed by atoms with van der Waals surface area (Å²) in [4.78, 5) is 41.4. The van der Waals surface area contributed by atoms with E-state index in [0.717, 1.165) is 6.42 Å². The zero-order valence-electron chi connectivity index (χ0n) is 17.2. The Labute approximate surface area is 172 Å². The molecule has 3 N–H and O–H groups in total. The number of H-pyrrole nitrogens is 1. The van der Waals surface area contributed by atoms with Gasteiger partial charge in [-0.3, -0.25) is 19.1 Å². The largest absolute Gasteiger partial charge is 0.435 e. The summed E-state index contributed by atoms with van der Waals surface area (Å²) >= 11 is 0. The number of nitrogen functional groups attached to an aromatic ring is 1. The molecule has 0 aliphatic heterocycles. The standard InChI is InChI=1S/C20H26F2N4O4/c1-4-5-9-25-16(23)15(17(27)24-20(25)29)26(11-12(2)3)18(28)13-7-6-8-14(10-13)30-19(21)22/h6-8,10,12,19H,4-5,9,11,23H2,1-3H3,(H,24,27,29). The fourth-order valence-electron chi connectivity index (χ4n) is 2.98. The Hall–Kier alpha value is -3.17. The number of anilines is 2. The van der Waals surface area contributed by atoms with Gasteiger partial charge >= 0.3 is 12.3 Å². The van der Waals surface area contributed by atoms with Crippen molar-refractivity contribution >= 4 is 17.4 Å². The third-order valence-corrected chi connectivity index (χ3v) is 4.32. The molecule has 10 heteroatoms. The lowest BCUT2D eigenvalue weighted by Crippen LogP contribution is -2.42. The number of rotatable bonds is 9. The normalized spacial score (nSPS) is 11.2. The number of aromatic amines is 1. The fraction of sp³-hybridized carbons (Fsp3) is 0.450. The lowest BCUT2D eigenvalue weighted by molar-refractivity contribution is -0.0498. The first kappa shape index (κ1) is 23.1. The van der Waals surface area contributed by atoms with Crippen LogP contribution >= 0.6 is 0 Å². The zero-order chi connectivity index (χ0) is 22.4. The molecule has 0 atom stereocenters. The minimum Gasteiger partial charge on any atom is -0.435 e. The van der Waals surface area contributed by atoms with Crippen molar-refractivity contribution in [1.82, 2.24) is 9.55 Å². The second-order valence-corrected chi connectivity index (χ2v) is 7.21. The van der Waals surface area contributed by atoms with Crippen LogP contribution < -0.4 is 26.6 Å². The summed E-state index contributed by atoms with van der Waals surface area (Å²) in [6.45, 7) is 2.99. The van der Waals surface area contributed by atoms with Crippen molar-refractivity contribution in [3.8, 4) is 5.75 Å². The summed E-state index contributed by atoms with van der Waals surface area (Å²) in [6.07, 6.45) is 1.45. The second kappa shape index (κ2) is 10.0. The minimum atomic E-state index is -3.04. The van der Waals surface area contributed by atoms with E-state index in [0.29, 0.717) is 6.42 Å². The first-order chi connectivity index (χ1) is 14.1. The number of unbranched alkanes of at least 4 members (excludes halogenated alkanes) is 1. The molecule has 0 spiro atoms. The third-order valence-electron chi connectivity index (χ3n) is 4.32. The molecule has 0 fully saturated rings. The van der Waals surface area contributed by atoms with Crippen LogP contribution in [0.1, 0.15) is 44.0 Å². The van der Waals surface area contributed by atoms with Crippen molar-refractivity contribution in [3.63, 3.8) is 0 Å². The SMILES string of the molecule is CCCCn1c(N)c(N(CC(C)C)C(=O)c2cccc(OC(F)F)c2)c(=O)[nH]c1=O. The Morgan fingerprint density at radius 3 is 2.60 bits per heavy atom. The first-order valence-electron chi connectivity index (χ1n) is 9.65. The van der Waals surface area contributed by atoms with Gasteiger partial charge in [-0.05, 0) is 30.5 Å². The maximum absolute atomic E-state index is 13.2. The molecular formula is C20H26F2N4O4. The number of halogens is 2. The fourth-order valence-corrected chi connectivity index (χ4v) is 2.98. The Bertz CT molecular complexity index is 1000. The van der Waals surface area contributed by atoms with Crippen LogP contribution in [0.5, 0.6) is 5.75 Å². The number of aromatic nitrogens is 2. The molecule has 0 unspecified atom stereocenters. The number of hydrogen-bond donors (Lipinski definition) is 2. The quantitative estimate of drug-likeness (QED) is 0.643. The van der Waals surface area contributed by atoms with E-state index in [1.54, 1.807) is 0 Å². The van der Waals surface area contributed by atoms with Crippen molar-refractivity contribution in [1.29, 1.82) is 0 Å². The van der Waals surface area contributed by atoms with Gasteiger partial charge < -0.3 is 15.4 Å². The Balaban J connectivity index is 2.57. The molecule has 0 radical (unpaired) electrons. The number of nitrogens with zero attached hydrogens (tertiary/aromatic N) is 2. The number of nitrogens with one attached hydrogen (secondary N) is 1. The molecule has 1 aromatic heterocycles. The Morgan fingerprint density at radius 1 is 1.30 bits per heavy atom. The summed E-state index contributed by atoms with van der Waals surface area (Å²) in [7, 11) is 0. The molecule has 0 bridgehead atoms. The lowest BCUT2D eigenvalue weighted by Gasteiger charge is -2.26. The van der Waals surface area contributed by atoms with Crippen molar-refractivity contribution in [2.45, 2.75) is 46.8 Å². The molecule has 0 aliphatic carbocycles. The summed E-state index contributed by atoms with van der Waals surface area (Å²) in [5.74, 6) is -0.980. The number of hydrogen-bond acceptors (Lipinski definition) is 5. The van der Waals surface area contributed by atoms with Crippen LogP contribution in [-0.4, -0.2) is 28.6 Å². The average molecular weight is 424 g/mol. The van der Waals surface area contributed by atoms with Gasteiger partial charge in [-0.15, -0.1) is 0 Å². The number of carbonyl (C=O) groups excluding carboxylic acids is 1. The van der Waals surface area contributed by atoms with Crippen molar-refractivity contribution in [2.75, 3.05) is 17.2 Å². The Morgan fingerprint density at radius 2 is 2.00 bits per heavy atom. The number of amides is 1. The lowest BCUT2D eigenvalue weighted by atomic mass is 10.1. The van der Waals surface area contributed by atoms with Gasteiger partial charge in [0, 0.05) is 18.7 Å². The number of alkyl halides is 2. The van der Waals surface area contributed by atoms with Crippen LogP contribution in [0.2, 0.25) is 0 Å². The van der Waals surface area contributed by atoms with Crippen LogP contribution in [0, 0.1) is 5.92 Å². The highest BCUT2D eigenvalue weighted by Crippen LogP contribution is 2.23. The number of nitrogens with two attached hydrogens (primary N) is 1. The summed E-state index contributed by atoms with van der Waals surface area (Å²) in [5.41, 5.74) is 4.59. The number of carbonyl (C=O) groups is 1. The molecule has 1 amide bonds. The van der Waals surface area contributed by atoms with Gasteiger partial charge in [-0.2, -0.15) is 8.78 Å². The van der Waals surface area contributed by atoms with Crippen LogP contribution in [-0.2, 0) is 6.54 Å². The summed E-state index contributed by atoms with van der Waals surface area (Å²) in [6, 6.07) is 5.28. The van der Waals surface area contributed by atoms with Crippen molar-refractivity contribution in [3.05, 3.63) is 50.7 Å². The highest BCUT2D eigenvalue weighted by Gasteiger charge is 2.26. The molecule has 30 heavy (non-hydrogen) atoms. The van der Waals surface area contributed by atoms with E-state index >= 15 is 0 Å². The maximum Gasteiger partial charge on any atom is 0.387 e. The average Bonchev–Trinajstić information content (AvgIpc) is 2.65. The first-order valence-corrected chi connectivity index (χ1v) is 9.65. The smallest absolute Gasteiger partial charge is 0.387 e. The van der Waals surface area contributed by atoms with Crippen LogP contribution in [0.3, 0.4) is 0 Å². The van der Waals surface area contributed by atoms with Crippen molar-refractivity contribution in [2.24, 2.45) is 5.92 Å². The second-order valence-electron chi connectivity index (χ2n) is 7.21. The topological polar surface area (TPSA) is 110 Å². The number of ether oxygens (including phenoxy) is 1. The number of benzene rings is 1. The minimum absolute atomic E-state index is 0.0407. The molecular weight excluding hydrogens is 398 g/mol. The van der Waals surface area contributed by atoms with Gasteiger partial charge in [-0.25, -0.2) is 4.79 Å². The van der Waals surface area contributed by atoms with Gasteiger partial charge in [0.05, 0.1) is 0 Å². The highest BCUT2D eigenvalue weighted by molar-refractivity contribution is 6.07. The van der Waals surface area contributed by atoms with E-state index in [9.17, 15) is 23.2 Å². The molecule has 2 rings (SSSR count). The van der Waals surface area contributed by atoms with E-state index in [1.165, 1.54) is 33.7 Å². The highest BCUT2D eigenvalue weighted by atomic mass is 19.3. The molecule has 2 aromatic rings. The molecule has 0 aliphatic rings. The van der Waals surface area contributed by atoms with Crippen LogP contribution in [0.15, 0.2) is 33.9 Å². The van der Waals surface area contributed by atoms with E-state index < -0.39 is 23.8 Å². The molecule has 164 valence electrons. The predicted molar refractivity (Wildman–Crippen MR) is 110 cm³/mol. The Kier molecular flexibility index (Phi) is 7.73.